The summed E-state index contributed by atoms with van der Waals surface area (Å²) in [5, 5.41) is 5.29. The minimum Gasteiger partial charge on any atom is -0.489 e. The summed E-state index contributed by atoms with van der Waals surface area (Å²) in [6, 6.07) is 23.0. The number of nitrogens with one attached hydrogen (secondary N) is 1. The third-order valence-electron chi connectivity index (χ3n) is 3.46. The van der Waals surface area contributed by atoms with Crippen LogP contribution < -0.4 is 10.2 Å². The average molecular weight is 371 g/mol. The molecule has 3 rings (SSSR count). The molecule has 0 aliphatic rings. The Morgan fingerprint density at radius 1 is 0.920 bits per heavy atom. The first kappa shape index (κ1) is 17.3. The molecule has 0 fully saturated rings. The Balaban J connectivity index is 1.55. The lowest BCUT2D eigenvalue weighted by molar-refractivity contribution is 0.306. The molecular weight excluding hydrogens is 355 g/mol. The van der Waals surface area contributed by atoms with E-state index in [1.807, 2.05) is 54.6 Å². The van der Waals surface area contributed by atoms with Gasteiger partial charge in [0, 0.05) is 5.02 Å². The summed E-state index contributed by atoms with van der Waals surface area (Å²) < 4.78 is 5.76. The van der Waals surface area contributed by atoms with Crippen LogP contribution >= 0.6 is 23.2 Å². The second kappa shape index (κ2) is 8.56. The molecule has 0 spiro atoms. The van der Waals surface area contributed by atoms with Crippen molar-refractivity contribution < 1.29 is 4.74 Å². The van der Waals surface area contributed by atoms with Crippen molar-refractivity contribution in [3.05, 3.63) is 94.0 Å². The first-order valence-corrected chi connectivity index (χ1v) is 8.47. The fourth-order valence-corrected chi connectivity index (χ4v) is 2.60. The number of anilines is 1. The van der Waals surface area contributed by atoms with Crippen molar-refractivity contribution in [1.29, 1.82) is 0 Å². The maximum Gasteiger partial charge on any atom is 0.119 e. The SMILES string of the molecule is Clc1ccc(N/N=C\c2ccc(OCc3ccccc3)cc2)c(Cl)c1. The molecule has 0 atom stereocenters. The molecule has 0 unspecified atom stereocenters. The highest BCUT2D eigenvalue weighted by Crippen LogP contribution is 2.25. The Labute approximate surface area is 156 Å². The number of ether oxygens (including phenoxy) is 1. The summed E-state index contributed by atoms with van der Waals surface area (Å²) >= 11 is 11.9. The van der Waals surface area contributed by atoms with Crippen LogP contribution in [0.5, 0.6) is 5.75 Å². The van der Waals surface area contributed by atoms with Crippen LogP contribution in [-0.2, 0) is 6.61 Å². The minimum atomic E-state index is 0.523. The largest absolute Gasteiger partial charge is 0.489 e. The van der Waals surface area contributed by atoms with Gasteiger partial charge in [0.05, 0.1) is 16.9 Å². The van der Waals surface area contributed by atoms with Gasteiger partial charge in [-0.1, -0.05) is 53.5 Å². The second-order valence-electron chi connectivity index (χ2n) is 5.34. The van der Waals surface area contributed by atoms with E-state index in [4.69, 9.17) is 27.9 Å². The number of hydrogen-bond donors (Lipinski definition) is 1. The van der Waals surface area contributed by atoms with Crippen LogP contribution in [0.1, 0.15) is 11.1 Å². The predicted octanol–water partition coefficient (Wildman–Crippen LogP) is 6.02. The van der Waals surface area contributed by atoms with Gasteiger partial charge in [0.15, 0.2) is 0 Å². The maximum atomic E-state index is 6.08. The fourth-order valence-electron chi connectivity index (χ4n) is 2.15. The number of rotatable bonds is 6. The maximum absolute atomic E-state index is 6.08. The van der Waals surface area contributed by atoms with Gasteiger partial charge in [-0.3, -0.25) is 5.43 Å². The standard InChI is InChI=1S/C20H16Cl2N2O/c21-17-8-11-20(19(22)12-17)24-23-13-15-6-9-18(10-7-15)25-14-16-4-2-1-3-5-16/h1-13,24H,14H2/b23-13-. The van der Waals surface area contributed by atoms with Crippen LogP contribution in [0.25, 0.3) is 0 Å². The summed E-state index contributed by atoms with van der Waals surface area (Å²) in [5.41, 5.74) is 5.68. The van der Waals surface area contributed by atoms with Crippen LogP contribution in [0.3, 0.4) is 0 Å². The quantitative estimate of drug-likeness (QED) is 0.425. The molecular formula is C20H16Cl2N2O. The van der Waals surface area contributed by atoms with E-state index in [9.17, 15) is 0 Å². The van der Waals surface area contributed by atoms with Crippen molar-refractivity contribution in [3.8, 4) is 5.75 Å². The summed E-state index contributed by atoms with van der Waals surface area (Å²) in [7, 11) is 0. The van der Waals surface area contributed by atoms with E-state index >= 15 is 0 Å². The third-order valence-corrected chi connectivity index (χ3v) is 4.01. The molecule has 0 aliphatic heterocycles. The van der Waals surface area contributed by atoms with Crippen molar-refractivity contribution in [3.63, 3.8) is 0 Å². The highest BCUT2D eigenvalue weighted by Gasteiger charge is 1.99. The number of halogens is 2. The van der Waals surface area contributed by atoms with Gasteiger partial charge < -0.3 is 4.74 Å². The zero-order chi connectivity index (χ0) is 17.5. The predicted molar refractivity (Wildman–Crippen MR) is 105 cm³/mol. The molecule has 0 aromatic heterocycles. The Bertz CT molecular complexity index is 849. The van der Waals surface area contributed by atoms with Crippen molar-refractivity contribution in [2.45, 2.75) is 6.61 Å². The highest BCUT2D eigenvalue weighted by atomic mass is 35.5. The summed E-state index contributed by atoms with van der Waals surface area (Å²) in [4.78, 5) is 0. The Morgan fingerprint density at radius 2 is 1.68 bits per heavy atom. The van der Waals surface area contributed by atoms with E-state index in [1.54, 1.807) is 24.4 Å². The fraction of sp³-hybridized carbons (Fsp3) is 0.0500. The van der Waals surface area contributed by atoms with Crippen LogP contribution in [-0.4, -0.2) is 6.21 Å². The summed E-state index contributed by atoms with van der Waals surface area (Å²) in [5.74, 6) is 0.815. The number of hydrogen-bond acceptors (Lipinski definition) is 3. The number of nitrogens with zero attached hydrogens (tertiary/aromatic N) is 1. The lowest BCUT2D eigenvalue weighted by atomic mass is 10.2. The molecule has 0 aliphatic carbocycles. The van der Waals surface area contributed by atoms with E-state index in [-0.39, 0.29) is 0 Å². The van der Waals surface area contributed by atoms with Gasteiger partial charge in [-0.25, -0.2) is 0 Å². The zero-order valence-corrected chi connectivity index (χ0v) is 14.8. The molecule has 3 nitrogen and oxygen atoms in total. The zero-order valence-electron chi connectivity index (χ0n) is 13.3. The molecule has 0 saturated carbocycles. The monoisotopic (exact) mass is 370 g/mol. The summed E-state index contributed by atoms with van der Waals surface area (Å²) in [6.45, 7) is 0.547. The molecule has 5 heteroatoms. The van der Waals surface area contributed by atoms with Gasteiger partial charge >= 0.3 is 0 Å². The van der Waals surface area contributed by atoms with Crippen molar-refractivity contribution in [2.75, 3.05) is 5.43 Å². The van der Waals surface area contributed by atoms with E-state index in [0.29, 0.717) is 22.3 Å². The minimum absolute atomic E-state index is 0.523. The lowest BCUT2D eigenvalue weighted by Crippen LogP contribution is -1.95. The van der Waals surface area contributed by atoms with E-state index in [0.717, 1.165) is 16.9 Å². The van der Waals surface area contributed by atoms with E-state index in [1.165, 1.54) is 0 Å². The Morgan fingerprint density at radius 3 is 2.40 bits per heavy atom. The average Bonchev–Trinajstić information content (AvgIpc) is 2.64. The molecule has 25 heavy (non-hydrogen) atoms. The molecule has 0 heterocycles. The van der Waals surface area contributed by atoms with E-state index in [2.05, 4.69) is 10.5 Å². The lowest BCUT2D eigenvalue weighted by Gasteiger charge is -2.06. The number of benzene rings is 3. The van der Waals surface area contributed by atoms with Crippen LogP contribution in [0.15, 0.2) is 77.9 Å². The smallest absolute Gasteiger partial charge is 0.119 e. The highest BCUT2D eigenvalue weighted by molar-refractivity contribution is 6.36. The first-order valence-electron chi connectivity index (χ1n) is 7.71. The molecule has 0 saturated heterocycles. The van der Waals surface area contributed by atoms with Crippen molar-refractivity contribution in [2.24, 2.45) is 5.10 Å². The van der Waals surface area contributed by atoms with Gasteiger partial charge in [-0.05, 0) is 53.6 Å². The van der Waals surface area contributed by atoms with Crippen LogP contribution in [0.2, 0.25) is 10.0 Å². The molecule has 0 amide bonds. The molecule has 0 radical (unpaired) electrons. The molecule has 3 aromatic carbocycles. The van der Waals surface area contributed by atoms with Crippen LogP contribution in [0.4, 0.5) is 5.69 Å². The first-order chi connectivity index (χ1) is 12.2. The molecule has 1 N–H and O–H groups in total. The molecule has 126 valence electrons. The van der Waals surface area contributed by atoms with Crippen molar-refractivity contribution in [1.82, 2.24) is 0 Å². The number of hydrazone groups is 1. The van der Waals surface area contributed by atoms with Gasteiger partial charge in [0.2, 0.25) is 0 Å². The van der Waals surface area contributed by atoms with Gasteiger partial charge in [-0.2, -0.15) is 5.10 Å². The van der Waals surface area contributed by atoms with Gasteiger partial charge in [-0.15, -0.1) is 0 Å². The van der Waals surface area contributed by atoms with E-state index < -0.39 is 0 Å². The third kappa shape index (κ3) is 5.24. The van der Waals surface area contributed by atoms with Crippen molar-refractivity contribution >= 4 is 35.1 Å². The van der Waals surface area contributed by atoms with Gasteiger partial charge in [0.25, 0.3) is 0 Å². The molecule has 0 bridgehead atoms. The van der Waals surface area contributed by atoms with Gasteiger partial charge in [0.1, 0.15) is 12.4 Å². The van der Waals surface area contributed by atoms with Crippen LogP contribution in [0, 0.1) is 0 Å². The Hall–Kier alpha value is -2.49. The normalized spacial score (nSPS) is 10.8. The molecule has 3 aromatic rings. The summed E-state index contributed by atoms with van der Waals surface area (Å²) in [6.07, 6.45) is 1.71. The topological polar surface area (TPSA) is 33.6 Å². The Kier molecular flexibility index (Phi) is 5.94. The second-order valence-corrected chi connectivity index (χ2v) is 6.18.